The van der Waals surface area contributed by atoms with Gasteiger partial charge in [-0.3, -0.25) is 9.98 Å². The minimum atomic E-state index is -0.165. The first-order valence-electron chi connectivity index (χ1n) is 15.0. The molecule has 2 aromatic carbocycles. The van der Waals surface area contributed by atoms with Crippen LogP contribution in [-0.4, -0.2) is 34.7 Å². The van der Waals surface area contributed by atoms with Crippen LogP contribution in [0.1, 0.15) is 142 Å². The number of benzene rings is 2. The van der Waals surface area contributed by atoms with E-state index >= 15 is 0 Å². The third-order valence-corrected chi connectivity index (χ3v) is 8.09. The SMILES string of the molecule is CC(C)(C)c1cc(C=NC2CCCC(N=Cc3cc(C(C)(C)C)cc(C(C)(C)C)c3O)C2)c(O)c(C(C)(C)C)c1. The molecule has 0 heterocycles. The molecule has 1 saturated carbocycles. The third-order valence-electron chi connectivity index (χ3n) is 8.09. The highest BCUT2D eigenvalue weighted by molar-refractivity contribution is 5.86. The van der Waals surface area contributed by atoms with Crippen molar-refractivity contribution in [2.24, 2.45) is 9.98 Å². The Bertz CT molecular complexity index is 1160. The number of phenols is 2. The summed E-state index contributed by atoms with van der Waals surface area (Å²) in [5, 5.41) is 22.3. The van der Waals surface area contributed by atoms with E-state index in [2.05, 4.69) is 107 Å². The first-order chi connectivity index (χ1) is 18.2. The largest absolute Gasteiger partial charge is 0.507 e. The molecule has 220 valence electrons. The van der Waals surface area contributed by atoms with Gasteiger partial charge in [-0.1, -0.05) is 95.2 Å². The Morgan fingerprint density at radius 1 is 0.575 bits per heavy atom. The maximum absolute atomic E-state index is 11.2. The van der Waals surface area contributed by atoms with Crippen molar-refractivity contribution in [2.45, 2.75) is 143 Å². The molecule has 1 aliphatic rings. The zero-order chi connectivity index (χ0) is 30.3. The van der Waals surface area contributed by atoms with E-state index in [1.165, 1.54) is 11.1 Å². The molecule has 4 nitrogen and oxygen atoms in total. The Morgan fingerprint density at radius 3 is 1.23 bits per heavy atom. The molecule has 2 atom stereocenters. The van der Waals surface area contributed by atoms with Gasteiger partial charge >= 0.3 is 0 Å². The van der Waals surface area contributed by atoms with Gasteiger partial charge in [0.1, 0.15) is 11.5 Å². The lowest BCUT2D eigenvalue weighted by atomic mass is 9.79. The predicted octanol–water partition coefficient (Wildman–Crippen LogP) is 9.14. The van der Waals surface area contributed by atoms with Crippen molar-refractivity contribution in [1.82, 2.24) is 0 Å². The normalized spacial score (nSPS) is 19.6. The molecule has 4 heteroatoms. The van der Waals surface area contributed by atoms with Crippen LogP contribution in [0.5, 0.6) is 11.5 Å². The van der Waals surface area contributed by atoms with Crippen LogP contribution in [0.15, 0.2) is 34.3 Å². The van der Waals surface area contributed by atoms with Crippen molar-refractivity contribution in [3.63, 3.8) is 0 Å². The molecule has 0 aliphatic heterocycles. The van der Waals surface area contributed by atoms with Gasteiger partial charge in [0.25, 0.3) is 0 Å². The molecule has 2 N–H and O–H groups in total. The van der Waals surface area contributed by atoms with Crippen molar-refractivity contribution in [1.29, 1.82) is 0 Å². The fraction of sp³-hybridized carbons (Fsp3) is 0.611. The van der Waals surface area contributed by atoms with Gasteiger partial charge in [0.2, 0.25) is 0 Å². The topological polar surface area (TPSA) is 65.2 Å². The van der Waals surface area contributed by atoms with Crippen LogP contribution < -0.4 is 0 Å². The molecule has 0 saturated heterocycles. The Balaban J connectivity index is 1.87. The summed E-state index contributed by atoms with van der Waals surface area (Å²) in [5.74, 6) is 0.664. The zero-order valence-electron chi connectivity index (χ0n) is 27.2. The molecule has 0 amide bonds. The monoisotopic (exact) mass is 546 g/mol. The summed E-state index contributed by atoms with van der Waals surface area (Å²) < 4.78 is 0. The minimum absolute atomic E-state index is 0.0242. The molecular formula is C36H54N2O2. The molecule has 2 unspecified atom stereocenters. The number of phenolic OH excluding ortho intramolecular Hbond substituents is 2. The van der Waals surface area contributed by atoms with Crippen molar-refractivity contribution in [2.75, 3.05) is 0 Å². The number of rotatable bonds is 4. The Labute approximate surface area is 244 Å². The lowest BCUT2D eigenvalue weighted by Crippen LogP contribution is -2.22. The van der Waals surface area contributed by atoms with Crippen LogP contribution in [-0.2, 0) is 21.7 Å². The molecule has 1 aliphatic carbocycles. The van der Waals surface area contributed by atoms with Crippen molar-refractivity contribution in [3.8, 4) is 11.5 Å². The number of hydrogen-bond acceptors (Lipinski definition) is 4. The van der Waals surface area contributed by atoms with Crippen LogP contribution in [0.3, 0.4) is 0 Å². The number of nitrogens with zero attached hydrogens (tertiary/aromatic N) is 2. The van der Waals surface area contributed by atoms with Gasteiger partial charge in [-0.25, -0.2) is 0 Å². The summed E-state index contributed by atoms with van der Waals surface area (Å²) in [5.41, 5.74) is 5.53. The van der Waals surface area contributed by atoms with E-state index in [-0.39, 0.29) is 33.7 Å². The van der Waals surface area contributed by atoms with E-state index in [0.717, 1.165) is 47.9 Å². The van der Waals surface area contributed by atoms with Crippen LogP contribution >= 0.6 is 0 Å². The van der Waals surface area contributed by atoms with Gasteiger partial charge in [0.15, 0.2) is 0 Å². The maximum atomic E-state index is 11.2. The number of hydrogen-bond donors (Lipinski definition) is 2. The molecule has 0 spiro atoms. The summed E-state index contributed by atoms with van der Waals surface area (Å²) in [7, 11) is 0. The van der Waals surface area contributed by atoms with E-state index in [9.17, 15) is 10.2 Å². The van der Waals surface area contributed by atoms with Crippen LogP contribution in [0.2, 0.25) is 0 Å². The number of aliphatic imine (C=N–C) groups is 2. The first-order valence-corrected chi connectivity index (χ1v) is 15.0. The van der Waals surface area contributed by atoms with Crippen LogP contribution in [0, 0.1) is 0 Å². The van der Waals surface area contributed by atoms with Crippen LogP contribution in [0.25, 0.3) is 0 Å². The predicted molar refractivity (Wildman–Crippen MR) is 172 cm³/mol. The van der Waals surface area contributed by atoms with E-state index in [1.807, 2.05) is 12.4 Å². The second kappa shape index (κ2) is 11.3. The molecule has 1 fully saturated rings. The Hall–Kier alpha value is -2.62. The zero-order valence-corrected chi connectivity index (χ0v) is 27.2. The van der Waals surface area contributed by atoms with Crippen molar-refractivity contribution >= 4 is 12.4 Å². The molecule has 0 aromatic heterocycles. The van der Waals surface area contributed by atoms with Gasteiger partial charge < -0.3 is 10.2 Å². The summed E-state index contributed by atoms with van der Waals surface area (Å²) >= 11 is 0. The third kappa shape index (κ3) is 7.77. The number of aromatic hydroxyl groups is 2. The average Bonchev–Trinajstić information content (AvgIpc) is 2.80. The van der Waals surface area contributed by atoms with E-state index in [0.29, 0.717) is 11.5 Å². The molecule has 40 heavy (non-hydrogen) atoms. The van der Waals surface area contributed by atoms with Gasteiger partial charge in [-0.05, 0) is 70.6 Å². The lowest BCUT2D eigenvalue weighted by molar-refractivity contribution is 0.397. The Kier molecular flexibility index (Phi) is 9.04. The summed E-state index contributed by atoms with van der Waals surface area (Å²) in [6, 6.07) is 8.78. The van der Waals surface area contributed by atoms with Crippen LogP contribution in [0.4, 0.5) is 0 Å². The van der Waals surface area contributed by atoms with Gasteiger partial charge in [-0.15, -0.1) is 0 Å². The van der Waals surface area contributed by atoms with E-state index in [1.54, 1.807) is 0 Å². The molecular weight excluding hydrogens is 492 g/mol. The highest BCUT2D eigenvalue weighted by atomic mass is 16.3. The minimum Gasteiger partial charge on any atom is -0.507 e. The standard InChI is InChI=1S/C36H54N2O2/c1-33(2,3)25-16-23(31(39)29(18-25)35(7,8)9)21-37-27-14-13-15-28(20-27)38-22-24-17-26(34(4,5)6)19-30(32(24)40)36(10,11)12/h16-19,21-22,27-28,39-40H,13-15,20H2,1-12H3. The smallest absolute Gasteiger partial charge is 0.128 e. The highest BCUT2D eigenvalue weighted by Crippen LogP contribution is 2.39. The quantitative estimate of drug-likeness (QED) is 0.376. The molecule has 0 bridgehead atoms. The van der Waals surface area contributed by atoms with Gasteiger partial charge in [-0.2, -0.15) is 0 Å². The average molecular weight is 547 g/mol. The maximum Gasteiger partial charge on any atom is 0.128 e. The summed E-state index contributed by atoms with van der Waals surface area (Å²) in [4.78, 5) is 9.94. The second-order valence-electron chi connectivity index (χ2n) is 16.0. The molecule has 0 radical (unpaired) electrons. The van der Waals surface area contributed by atoms with Crippen molar-refractivity contribution < 1.29 is 10.2 Å². The van der Waals surface area contributed by atoms with E-state index < -0.39 is 0 Å². The molecule has 2 aromatic rings. The Morgan fingerprint density at radius 2 is 0.925 bits per heavy atom. The fourth-order valence-corrected chi connectivity index (χ4v) is 5.30. The lowest BCUT2D eigenvalue weighted by Gasteiger charge is -2.27. The van der Waals surface area contributed by atoms with Gasteiger partial charge in [0.05, 0.1) is 12.1 Å². The van der Waals surface area contributed by atoms with Crippen molar-refractivity contribution in [3.05, 3.63) is 57.6 Å². The fourth-order valence-electron chi connectivity index (χ4n) is 5.30. The van der Waals surface area contributed by atoms with E-state index in [4.69, 9.17) is 9.98 Å². The first kappa shape index (κ1) is 31.9. The summed E-state index contributed by atoms with van der Waals surface area (Å²) in [6.07, 6.45) is 7.73. The van der Waals surface area contributed by atoms with Gasteiger partial charge in [0, 0.05) is 34.7 Å². The second-order valence-corrected chi connectivity index (χ2v) is 16.0. The molecule has 3 rings (SSSR count). The highest BCUT2D eigenvalue weighted by Gasteiger charge is 2.27. The summed E-state index contributed by atoms with van der Waals surface area (Å²) in [6.45, 7) is 26.1.